The Hall–Kier alpha value is -2.34. The number of carbonyl (C=O) groups is 1. The lowest BCUT2D eigenvalue weighted by atomic mass is 9.80. The van der Waals surface area contributed by atoms with Gasteiger partial charge in [0, 0.05) is 18.4 Å². The second kappa shape index (κ2) is 5.21. The Labute approximate surface area is 122 Å². The first kappa shape index (κ1) is 13.6. The molecular formula is C15H18N4O2. The summed E-state index contributed by atoms with van der Waals surface area (Å²) in [5, 5.41) is 16.9. The highest BCUT2D eigenvalue weighted by Gasteiger charge is 2.34. The highest BCUT2D eigenvalue weighted by molar-refractivity contribution is 5.92. The molecule has 1 aliphatic carbocycles. The van der Waals surface area contributed by atoms with Crippen LogP contribution >= 0.6 is 0 Å². The zero-order chi connectivity index (χ0) is 14.9. The van der Waals surface area contributed by atoms with E-state index in [1.54, 1.807) is 29.1 Å². The predicted octanol–water partition coefficient (Wildman–Crippen LogP) is 1.10. The molecule has 2 aromatic rings. The molecule has 0 saturated heterocycles. The topological polar surface area (TPSA) is 93.2 Å². The highest BCUT2D eigenvalue weighted by atomic mass is 16.3. The normalized spacial score (nSPS) is 16.2. The van der Waals surface area contributed by atoms with Gasteiger partial charge in [-0.3, -0.25) is 4.79 Å². The number of nitrogens with two attached hydrogens (primary N) is 1. The average molecular weight is 286 g/mol. The van der Waals surface area contributed by atoms with Gasteiger partial charge in [0.05, 0.1) is 11.3 Å². The van der Waals surface area contributed by atoms with E-state index in [1.165, 1.54) is 0 Å². The van der Waals surface area contributed by atoms with Crippen molar-refractivity contribution in [1.29, 1.82) is 0 Å². The van der Waals surface area contributed by atoms with Crippen LogP contribution in [0.5, 0.6) is 0 Å². The predicted molar refractivity (Wildman–Crippen MR) is 79.1 cm³/mol. The van der Waals surface area contributed by atoms with E-state index < -0.39 is 5.60 Å². The molecule has 1 fully saturated rings. The summed E-state index contributed by atoms with van der Waals surface area (Å²) >= 11 is 0. The van der Waals surface area contributed by atoms with Crippen LogP contribution in [0.2, 0.25) is 0 Å². The molecule has 0 unspecified atom stereocenters. The van der Waals surface area contributed by atoms with Gasteiger partial charge >= 0.3 is 0 Å². The molecule has 0 radical (unpaired) electrons. The average Bonchev–Trinajstić information content (AvgIpc) is 2.92. The summed E-state index contributed by atoms with van der Waals surface area (Å²) in [6, 6.07) is 8.91. The fourth-order valence-corrected chi connectivity index (χ4v) is 2.35. The van der Waals surface area contributed by atoms with Gasteiger partial charge < -0.3 is 16.2 Å². The first-order valence-corrected chi connectivity index (χ1v) is 6.98. The van der Waals surface area contributed by atoms with Gasteiger partial charge in [0.1, 0.15) is 0 Å². The van der Waals surface area contributed by atoms with Gasteiger partial charge in [0.15, 0.2) is 5.69 Å². The first-order chi connectivity index (χ1) is 10.1. The van der Waals surface area contributed by atoms with Crippen molar-refractivity contribution >= 4 is 11.6 Å². The van der Waals surface area contributed by atoms with Crippen molar-refractivity contribution in [2.24, 2.45) is 0 Å². The summed E-state index contributed by atoms with van der Waals surface area (Å²) in [4.78, 5) is 12.0. The number of rotatable bonds is 4. The van der Waals surface area contributed by atoms with Gasteiger partial charge in [0.25, 0.3) is 5.91 Å². The van der Waals surface area contributed by atoms with E-state index in [9.17, 15) is 9.90 Å². The summed E-state index contributed by atoms with van der Waals surface area (Å²) in [7, 11) is 0. The summed E-state index contributed by atoms with van der Waals surface area (Å²) in [5.74, 6) is -0.280. The zero-order valence-corrected chi connectivity index (χ0v) is 11.6. The maximum Gasteiger partial charge on any atom is 0.271 e. The molecule has 3 rings (SSSR count). The molecule has 0 bridgehead atoms. The Morgan fingerprint density at radius 3 is 2.90 bits per heavy atom. The number of amides is 1. The van der Waals surface area contributed by atoms with Crippen molar-refractivity contribution in [3.8, 4) is 5.69 Å². The third-order valence-corrected chi connectivity index (χ3v) is 3.82. The Morgan fingerprint density at radius 1 is 1.43 bits per heavy atom. The van der Waals surface area contributed by atoms with E-state index in [0.717, 1.165) is 24.9 Å². The molecule has 0 atom stereocenters. The second-order valence-corrected chi connectivity index (χ2v) is 5.50. The lowest BCUT2D eigenvalue weighted by Gasteiger charge is -2.36. The third kappa shape index (κ3) is 2.90. The van der Waals surface area contributed by atoms with Crippen molar-refractivity contribution in [2.45, 2.75) is 24.9 Å². The van der Waals surface area contributed by atoms with E-state index in [2.05, 4.69) is 10.4 Å². The number of nitrogens with one attached hydrogen (secondary N) is 1. The summed E-state index contributed by atoms with van der Waals surface area (Å²) in [6.45, 7) is 0.275. The molecule has 6 heteroatoms. The van der Waals surface area contributed by atoms with Crippen LogP contribution < -0.4 is 11.1 Å². The molecule has 110 valence electrons. The van der Waals surface area contributed by atoms with E-state index in [-0.39, 0.29) is 12.5 Å². The molecule has 1 amide bonds. The number of nitrogen functional groups attached to an aromatic ring is 1. The Bertz CT molecular complexity index is 661. The molecule has 1 heterocycles. The van der Waals surface area contributed by atoms with Crippen LogP contribution in [0.3, 0.4) is 0 Å². The smallest absolute Gasteiger partial charge is 0.271 e. The van der Waals surface area contributed by atoms with Gasteiger partial charge in [-0.25, -0.2) is 4.68 Å². The number of anilines is 1. The first-order valence-electron chi connectivity index (χ1n) is 6.98. The summed E-state index contributed by atoms with van der Waals surface area (Å²) < 4.78 is 1.60. The molecule has 1 aliphatic rings. The number of hydrogen-bond acceptors (Lipinski definition) is 4. The monoisotopic (exact) mass is 286 g/mol. The molecular weight excluding hydrogens is 268 g/mol. The summed E-state index contributed by atoms with van der Waals surface area (Å²) in [5.41, 5.74) is 6.76. The molecule has 6 nitrogen and oxygen atoms in total. The number of nitrogens with zero attached hydrogens (tertiary/aromatic N) is 2. The van der Waals surface area contributed by atoms with Crippen molar-refractivity contribution in [1.82, 2.24) is 15.1 Å². The minimum Gasteiger partial charge on any atom is -0.399 e. The van der Waals surface area contributed by atoms with Crippen LogP contribution in [-0.4, -0.2) is 32.9 Å². The lowest BCUT2D eigenvalue weighted by molar-refractivity contribution is -0.0300. The highest BCUT2D eigenvalue weighted by Crippen LogP contribution is 2.30. The molecule has 21 heavy (non-hydrogen) atoms. The molecule has 1 aromatic carbocycles. The van der Waals surface area contributed by atoms with Crippen LogP contribution in [0.15, 0.2) is 36.5 Å². The maximum absolute atomic E-state index is 12.0. The zero-order valence-electron chi connectivity index (χ0n) is 11.6. The van der Waals surface area contributed by atoms with Gasteiger partial charge in [-0.05, 0) is 43.5 Å². The third-order valence-electron chi connectivity index (χ3n) is 3.82. The van der Waals surface area contributed by atoms with Crippen LogP contribution in [0, 0.1) is 0 Å². The minimum atomic E-state index is -0.730. The quantitative estimate of drug-likeness (QED) is 0.734. The largest absolute Gasteiger partial charge is 0.399 e. The number of benzene rings is 1. The van der Waals surface area contributed by atoms with Gasteiger partial charge in [0.2, 0.25) is 0 Å². The molecule has 1 saturated carbocycles. The number of aromatic nitrogens is 2. The number of aliphatic hydroxyl groups is 1. The maximum atomic E-state index is 12.0. The Balaban J connectivity index is 1.68. The minimum absolute atomic E-state index is 0.275. The van der Waals surface area contributed by atoms with Gasteiger partial charge in [-0.1, -0.05) is 6.07 Å². The van der Waals surface area contributed by atoms with Crippen molar-refractivity contribution in [2.75, 3.05) is 12.3 Å². The number of hydrogen-bond donors (Lipinski definition) is 3. The molecule has 0 aliphatic heterocycles. The summed E-state index contributed by atoms with van der Waals surface area (Å²) in [6.07, 6.45) is 4.20. The van der Waals surface area contributed by atoms with E-state index >= 15 is 0 Å². The van der Waals surface area contributed by atoms with Crippen molar-refractivity contribution in [3.05, 3.63) is 42.2 Å². The van der Waals surface area contributed by atoms with Crippen LogP contribution in [0.1, 0.15) is 29.8 Å². The van der Waals surface area contributed by atoms with E-state index in [1.807, 2.05) is 12.1 Å². The van der Waals surface area contributed by atoms with Crippen molar-refractivity contribution < 1.29 is 9.90 Å². The SMILES string of the molecule is Nc1cccc(-n2ccc(C(=O)NCC3(O)CCC3)n2)c1. The Kier molecular flexibility index (Phi) is 3.39. The fraction of sp³-hybridized carbons (Fsp3) is 0.333. The van der Waals surface area contributed by atoms with Crippen LogP contribution in [0.25, 0.3) is 5.69 Å². The van der Waals surface area contributed by atoms with Gasteiger partial charge in [-0.2, -0.15) is 5.10 Å². The fourth-order valence-electron chi connectivity index (χ4n) is 2.35. The molecule has 4 N–H and O–H groups in total. The van der Waals surface area contributed by atoms with Crippen LogP contribution in [-0.2, 0) is 0 Å². The second-order valence-electron chi connectivity index (χ2n) is 5.50. The van der Waals surface area contributed by atoms with Crippen molar-refractivity contribution in [3.63, 3.8) is 0 Å². The van der Waals surface area contributed by atoms with Gasteiger partial charge in [-0.15, -0.1) is 0 Å². The Morgan fingerprint density at radius 2 is 2.24 bits per heavy atom. The molecule has 1 aromatic heterocycles. The molecule has 0 spiro atoms. The van der Waals surface area contributed by atoms with E-state index in [0.29, 0.717) is 11.4 Å². The number of carbonyl (C=O) groups excluding carboxylic acids is 1. The standard InChI is InChI=1S/C15H18N4O2/c16-11-3-1-4-12(9-11)19-8-5-13(18-19)14(20)17-10-15(21)6-2-7-15/h1,3-5,8-9,21H,2,6-7,10,16H2,(H,17,20). The lowest BCUT2D eigenvalue weighted by Crippen LogP contribution is -2.47. The van der Waals surface area contributed by atoms with E-state index in [4.69, 9.17) is 5.73 Å². The van der Waals surface area contributed by atoms with Crippen LogP contribution in [0.4, 0.5) is 5.69 Å².